The topological polar surface area (TPSA) is 53.8 Å². The van der Waals surface area contributed by atoms with Crippen molar-refractivity contribution in [1.82, 2.24) is 4.98 Å². The molecule has 0 spiro atoms. The Balaban J connectivity index is 2.15. The molecular formula is C21H10N2O. The normalized spacial score (nSPS) is 12.2. The van der Waals surface area contributed by atoms with Gasteiger partial charge in [0.25, 0.3) is 0 Å². The molecule has 1 aromatic heterocycles. The average Bonchev–Trinajstić information content (AvgIpc) is 2.64. The summed E-state index contributed by atoms with van der Waals surface area (Å²) < 4.78 is 0. The Labute approximate surface area is 137 Å². The fourth-order valence-electron chi connectivity index (χ4n) is 3.63. The van der Waals surface area contributed by atoms with Crippen LogP contribution in [0.1, 0.15) is 21.5 Å². The summed E-state index contributed by atoms with van der Waals surface area (Å²) in [6.45, 7) is 0. The molecule has 0 fully saturated rings. The summed E-state index contributed by atoms with van der Waals surface area (Å²) in [4.78, 5) is 17.7. The molecule has 1 heterocycles. The van der Waals surface area contributed by atoms with E-state index >= 15 is 0 Å². The Hall–Kier alpha value is -3.51. The van der Waals surface area contributed by atoms with Crippen molar-refractivity contribution in [3.05, 3.63) is 77.4 Å². The van der Waals surface area contributed by atoms with Gasteiger partial charge in [0.05, 0.1) is 28.2 Å². The van der Waals surface area contributed by atoms with Crippen LogP contribution in [0.15, 0.2) is 60.7 Å². The van der Waals surface area contributed by atoms with Gasteiger partial charge in [-0.3, -0.25) is 4.79 Å². The van der Waals surface area contributed by atoms with E-state index < -0.39 is 0 Å². The van der Waals surface area contributed by atoms with Crippen LogP contribution in [-0.4, -0.2) is 10.8 Å². The zero-order valence-electron chi connectivity index (χ0n) is 12.6. The van der Waals surface area contributed by atoms with Crippen molar-refractivity contribution in [3.8, 4) is 17.2 Å². The standard InChI is InChI=1S/C21H10N2O/c22-11-12-9-10-17-20-18(12)21(24)14-6-2-1-5-13(14)19(20)15-7-3-4-8-16(15)23-17/h1-10H. The SMILES string of the molecule is N#Cc1ccc2nc3ccccc3c3c2c1C(=O)c1ccccc1-3. The largest absolute Gasteiger partial charge is 0.289 e. The molecule has 0 saturated heterocycles. The van der Waals surface area contributed by atoms with Crippen LogP contribution in [0.25, 0.3) is 32.9 Å². The first-order chi connectivity index (χ1) is 11.8. The second-order valence-electron chi connectivity index (χ2n) is 5.87. The van der Waals surface area contributed by atoms with Crippen molar-refractivity contribution >= 4 is 27.6 Å². The summed E-state index contributed by atoms with van der Waals surface area (Å²) in [5.41, 5.74) is 5.07. The number of rotatable bonds is 0. The number of carbonyl (C=O) groups excluding carboxylic acids is 1. The highest BCUT2D eigenvalue weighted by Gasteiger charge is 2.29. The lowest BCUT2D eigenvalue weighted by Crippen LogP contribution is -2.12. The van der Waals surface area contributed by atoms with Gasteiger partial charge in [0, 0.05) is 21.9 Å². The van der Waals surface area contributed by atoms with Gasteiger partial charge in [0.2, 0.25) is 0 Å². The molecule has 0 saturated carbocycles. The second-order valence-corrected chi connectivity index (χ2v) is 5.87. The van der Waals surface area contributed by atoms with E-state index in [2.05, 4.69) is 6.07 Å². The van der Waals surface area contributed by atoms with Gasteiger partial charge < -0.3 is 0 Å². The summed E-state index contributed by atoms with van der Waals surface area (Å²) in [5.74, 6) is -0.0997. The highest BCUT2D eigenvalue weighted by molar-refractivity contribution is 6.29. The summed E-state index contributed by atoms with van der Waals surface area (Å²) in [7, 11) is 0. The number of hydrogen-bond donors (Lipinski definition) is 0. The molecule has 0 bridgehead atoms. The van der Waals surface area contributed by atoms with E-state index in [1.165, 1.54) is 0 Å². The Kier molecular flexibility index (Phi) is 2.43. The summed E-state index contributed by atoms with van der Waals surface area (Å²) in [6, 6.07) is 21.2. The van der Waals surface area contributed by atoms with Crippen molar-refractivity contribution in [2.45, 2.75) is 0 Å². The molecule has 24 heavy (non-hydrogen) atoms. The summed E-state index contributed by atoms with van der Waals surface area (Å²) >= 11 is 0. The fourth-order valence-corrected chi connectivity index (χ4v) is 3.63. The smallest absolute Gasteiger partial charge is 0.195 e. The number of ketones is 1. The number of nitrogens with zero attached hydrogens (tertiary/aromatic N) is 2. The lowest BCUT2D eigenvalue weighted by Gasteiger charge is -2.21. The van der Waals surface area contributed by atoms with Gasteiger partial charge in [-0.25, -0.2) is 4.98 Å². The maximum atomic E-state index is 13.0. The fraction of sp³-hybridized carbons (Fsp3) is 0. The molecule has 3 heteroatoms. The molecule has 1 aliphatic carbocycles. The third kappa shape index (κ3) is 1.50. The molecule has 5 rings (SSSR count). The van der Waals surface area contributed by atoms with Gasteiger partial charge in [-0.05, 0) is 23.8 Å². The van der Waals surface area contributed by atoms with Crippen LogP contribution in [0.5, 0.6) is 0 Å². The van der Waals surface area contributed by atoms with Crippen LogP contribution in [-0.2, 0) is 0 Å². The zero-order chi connectivity index (χ0) is 16.3. The zero-order valence-corrected chi connectivity index (χ0v) is 12.6. The van der Waals surface area contributed by atoms with Gasteiger partial charge in [0.1, 0.15) is 0 Å². The molecule has 1 aliphatic rings. The first-order valence-corrected chi connectivity index (χ1v) is 7.69. The minimum atomic E-state index is -0.0997. The quantitative estimate of drug-likeness (QED) is 0.397. The predicted octanol–water partition coefficient (Wildman–Crippen LogP) is 4.47. The molecule has 0 aliphatic heterocycles. The van der Waals surface area contributed by atoms with Crippen LogP contribution in [0.2, 0.25) is 0 Å². The summed E-state index contributed by atoms with van der Waals surface area (Å²) in [5, 5.41) is 11.3. The monoisotopic (exact) mass is 306 g/mol. The Bertz CT molecular complexity index is 1230. The van der Waals surface area contributed by atoms with E-state index in [9.17, 15) is 10.1 Å². The Morgan fingerprint density at radius 1 is 0.792 bits per heavy atom. The molecule has 4 aromatic rings. The molecule has 0 N–H and O–H groups in total. The van der Waals surface area contributed by atoms with Gasteiger partial charge in [-0.15, -0.1) is 0 Å². The van der Waals surface area contributed by atoms with Crippen molar-refractivity contribution in [3.63, 3.8) is 0 Å². The van der Waals surface area contributed by atoms with Crippen LogP contribution < -0.4 is 0 Å². The maximum absolute atomic E-state index is 13.0. The molecule has 0 amide bonds. The number of benzene rings is 3. The van der Waals surface area contributed by atoms with E-state index in [4.69, 9.17) is 4.98 Å². The van der Waals surface area contributed by atoms with Crippen LogP contribution >= 0.6 is 0 Å². The molecule has 0 unspecified atom stereocenters. The van der Waals surface area contributed by atoms with E-state index in [0.717, 1.165) is 32.9 Å². The van der Waals surface area contributed by atoms with E-state index in [1.807, 2.05) is 54.6 Å². The van der Waals surface area contributed by atoms with Gasteiger partial charge in [0.15, 0.2) is 5.78 Å². The van der Waals surface area contributed by atoms with E-state index in [0.29, 0.717) is 16.7 Å². The van der Waals surface area contributed by atoms with Gasteiger partial charge in [-0.2, -0.15) is 5.26 Å². The first-order valence-electron chi connectivity index (χ1n) is 7.69. The Morgan fingerprint density at radius 3 is 2.38 bits per heavy atom. The molecule has 0 atom stereocenters. The molecular weight excluding hydrogens is 296 g/mol. The predicted molar refractivity (Wildman–Crippen MR) is 92.8 cm³/mol. The number of carbonyl (C=O) groups is 1. The molecule has 3 aromatic carbocycles. The van der Waals surface area contributed by atoms with Gasteiger partial charge >= 0.3 is 0 Å². The lowest BCUT2D eigenvalue weighted by atomic mass is 9.80. The number of para-hydroxylation sites is 1. The van der Waals surface area contributed by atoms with Crippen molar-refractivity contribution in [2.75, 3.05) is 0 Å². The molecule has 3 nitrogen and oxygen atoms in total. The van der Waals surface area contributed by atoms with Crippen molar-refractivity contribution in [1.29, 1.82) is 5.26 Å². The lowest BCUT2D eigenvalue weighted by molar-refractivity contribution is 0.104. The number of aromatic nitrogens is 1. The minimum Gasteiger partial charge on any atom is -0.289 e. The number of pyridine rings is 1. The number of hydrogen-bond acceptors (Lipinski definition) is 3. The van der Waals surface area contributed by atoms with Crippen LogP contribution in [0, 0.1) is 11.3 Å². The number of nitriles is 1. The highest BCUT2D eigenvalue weighted by atomic mass is 16.1. The molecule has 0 radical (unpaired) electrons. The minimum absolute atomic E-state index is 0.0997. The van der Waals surface area contributed by atoms with Crippen molar-refractivity contribution < 1.29 is 4.79 Å². The maximum Gasteiger partial charge on any atom is 0.195 e. The first kappa shape index (κ1) is 13.0. The molecule has 110 valence electrons. The average molecular weight is 306 g/mol. The van der Waals surface area contributed by atoms with Crippen molar-refractivity contribution in [2.24, 2.45) is 0 Å². The summed E-state index contributed by atoms with van der Waals surface area (Å²) in [6.07, 6.45) is 0. The van der Waals surface area contributed by atoms with Crippen LogP contribution in [0.4, 0.5) is 0 Å². The third-order valence-electron chi connectivity index (χ3n) is 4.64. The van der Waals surface area contributed by atoms with Gasteiger partial charge in [-0.1, -0.05) is 42.5 Å². The third-order valence-corrected chi connectivity index (χ3v) is 4.64. The Morgan fingerprint density at radius 2 is 1.54 bits per heavy atom. The highest BCUT2D eigenvalue weighted by Crippen LogP contribution is 2.43. The van der Waals surface area contributed by atoms with E-state index in [1.54, 1.807) is 6.07 Å². The number of fused-ring (bicyclic) bond motifs is 4. The van der Waals surface area contributed by atoms with E-state index in [-0.39, 0.29) is 5.78 Å². The second kappa shape index (κ2) is 4.50. The van der Waals surface area contributed by atoms with Crippen LogP contribution in [0.3, 0.4) is 0 Å².